The number of hydrogen-bond acceptors (Lipinski definition) is 4. The molecule has 0 radical (unpaired) electrons. The molecule has 1 unspecified atom stereocenters. The van der Waals surface area contributed by atoms with Gasteiger partial charge in [-0.15, -0.1) is 0 Å². The van der Waals surface area contributed by atoms with Crippen LogP contribution in [0.3, 0.4) is 0 Å². The molecule has 4 heteroatoms. The van der Waals surface area contributed by atoms with Crippen molar-refractivity contribution in [2.24, 2.45) is 0 Å². The Bertz CT molecular complexity index is 307. The minimum atomic E-state index is 0.0452. The molecule has 0 amide bonds. The molecule has 1 atom stereocenters. The fourth-order valence-corrected chi connectivity index (χ4v) is 1.73. The Morgan fingerprint density at radius 3 is 3.00 bits per heavy atom. The second kappa shape index (κ2) is 4.59. The zero-order valence-electron chi connectivity index (χ0n) is 8.89. The van der Waals surface area contributed by atoms with Crippen molar-refractivity contribution >= 4 is 5.82 Å². The number of nitrogens with zero attached hydrogens (tertiary/aromatic N) is 2. The van der Waals surface area contributed by atoms with Crippen LogP contribution in [0.2, 0.25) is 0 Å². The minimum absolute atomic E-state index is 0.0452. The monoisotopic (exact) mass is 208 g/mol. The highest BCUT2D eigenvalue weighted by Crippen LogP contribution is 2.17. The largest absolute Gasteiger partial charge is 0.392 e. The topological polar surface area (TPSA) is 45.6 Å². The molecule has 0 bridgehead atoms. The van der Waals surface area contributed by atoms with Gasteiger partial charge in [-0.05, 0) is 18.1 Å². The summed E-state index contributed by atoms with van der Waals surface area (Å²) in [5.74, 6) is 0.933. The van der Waals surface area contributed by atoms with E-state index < -0.39 is 0 Å². The summed E-state index contributed by atoms with van der Waals surface area (Å²) in [7, 11) is 2.03. The third-order valence-electron chi connectivity index (χ3n) is 2.81. The number of anilines is 1. The van der Waals surface area contributed by atoms with Crippen LogP contribution in [0.25, 0.3) is 0 Å². The highest BCUT2D eigenvalue weighted by molar-refractivity contribution is 5.39. The van der Waals surface area contributed by atoms with Gasteiger partial charge in [-0.3, -0.25) is 0 Å². The highest BCUT2D eigenvalue weighted by Gasteiger charge is 2.20. The Morgan fingerprint density at radius 2 is 2.47 bits per heavy atom. The van der Waals surface area contributed by atoms with Crippen molar-refractivity contribution in [3.8, 4) is 0 Å². The van der Waals surface area contributed by atoms with E-state index in [1.165, 1.54) is 0 Å². The molecular weight excluding hydrogens is 192 g/mol. The van der Waals surface area contributed by atoms with Crippen LogP contribution in [-0.4, -0.2) is 36.4 Å². The number of rotatable bonds is 3. The van der Waals surface area contributed by atoms with Crippen molar-refractivity contribution in [1.29, 1.82) is 0 Å². The van der Waals surface area contributed by atoms with E-state index >= 15 is 0 Å². The Morgan fingerprint density at radius 1 is 1.60 bits per heavy atom. The normalized spacial score (nSPS) is 20.5. The van der Waals surface area contributed by atoms with Gasteiger partial charge in [0, 0.05) is 19.9 Å². The predicted molar refractivity (Wildman–Crippen MR) is 57.8 cm³/mol. The molecule has 1 aromatic heterocycles. The molecule has 1 aliphatic rings. The molecule has 82 valence electrons. The Balaban J connectivity index is 2.07. The van der Waals surface area contributed by atoms with Gasteiger partial charge >= 0.3 is 0 Å². The SMILES string of the molecule is CN(c1ccc(CO)cn1)C1CCOC1. The lowest BCUT2D eigenvalue weighted by Crippen LogP contribution is -2.32. The maximum Gasteiger partial charge on any atom is 0.128 e. The van der Waals surface area contributed by atoms with Crippen LogP contribution in [-0.2, 0) is 11.3 Å². The third-order valence-corrected chi connectivity index (χ3v) is 2.81. The summed E-state index contributed by atoms with van der Waals surface area (Å²) in [5, 5.41) is 8.91. The molecule has 1 N–H and O–H groups in total. The fourth-order valence-electron chi connectivity index (χ4n) is 1.73. The standard InChI is InChI=1S/C11H16N2O2/c1-13(10-4-5-15-8-10)11-3-2-9(7-14)6-12-11/h2-3,6,10,14H,4-5,7-8H2,1H3. The molecule has 1 aliphatic heterocycles. The van der Waals surface area contributed by atoms with E-state index in [9.17, 15) is 0 Å². The molecule has 2 rings (SSSR count). The van der Waals surface area contributed by atoms with Gasteiger partial charge in [0.1, 0.15) is 5.82 Å². The van der Waals surface area contributed by atoms with E-state index in [2.05, 4.69) is 9.88 Å². The van der Waals surface area contributed by atoms with Crippen molar-refractivity contribution in [2.75, 3.05) is 25.2 Å². The lowest BCUT2D eigenvalue weighted by molar-refractivity contribution is 0.193. The summed E-state index contributed by atoms with van der Waals surface area (Å²) < 4.78 is 5.34. The van der Waals surface area contributed by atoms with E-state index in [1.54, 1.807) is 6.20 Å². The van der Waals surface area contributed by atoms with Crippen LogP contribution in [0.5, 0.6) is 0 Å². The first-order valence-electron chi connectivity index (χ1n) is 5.17. The molecule has 15 heavy (non-hydrogen) atoms. The van der Waals surface area contributed by atoms with Crippen molar-refractivity contribution in [3.63, 3.8) is 0 Å². The summed E-state index contributed by atoms with van der Waals surface area (Å²) in [4.78, 5) is 6.44. The number of aliphatic hydroxyl groups excluding tert-OH is 1. The van der Waals surface area contributed by atoms with Gasteiger partial charge in [0.2, 0.25) is 0 Å². The van der Waals surface area contributed by atoms with E-state index in [0.717, 1.165) is 31.0 Å². The molecule has 0 saturated carbocycles. The zero-order chi connectivity index (χ0) is 10.7. The van der Waals surface area contributed by atoms with E-state index in [4.69, 9.17) is 9.84 Å². The van der Waals surface area contributed by atoms with Crippen LogP contribution in [0.4, 0.5) is 5.82 Å². The van der Waals surface area contributed by atoms with Crippen LogP contribution < -0.4 is 4.90 Å². The summed E-state index contributed by atoms with van der Waals surface area (Å²) in [5.41, 5.74) is 0.842. The zero-order valence-corrected chi connectivity index (χ0v) is 8.89. The van der Waals surface area contributed by atoms with Crippen LogP contribution in [0.1, 0.15) is 12.0 Å². The van der Waals surface area contributed by atoms with Crippen LogP contribution >= 0.6 is 0 Å². The molecule has 0 aliphatic carbocycles. The van der Waals surface area contributed by atoms with Gasteiger partial charge in [0.15, 0.2) is 0 Å². The van der Waals surface area contributed by atoms with Crippen molar-refractivity contribution in [1.82, 2.24) is 4.98 Å². The Labute approximate surface area is 89.5 Å². The quantitative estimate of drug-likeness (QED) is 0.798. The van der Waals surface area contributed by atoms with Crippen LogP contribution in [0, 0.1) is 0 Å². The first kappa shape index (κ1) is 10.4. The van der Waals surface area contributed by atoms with Gasteiger partial charge in [-0.25, -0.2) is 4.98 Å². The van der Waals surface area contributed by atoms with Gasteiger partial charge < -0.3 is 14.7 Å². The number of pyridine rings is 1. The lowest BCUT2D eigenvalue weighted by Gasteiger charge is -2.24. The smallest absolute Gasteiger partial charge is 0.128 e. The maximum absolute atomic E-state index is 8.91. The molecule has 1 aromatic rings. The van der Waals surface area contributed by atoms with Gasteiger partial charge in [0.05, 0.1) is 19.3 Å². The van der Waals surface area contributed by atoms with Crippen LogP contribution in [0.15, 0.2) is 18.3 Å². The predicted octanol–water partition coefficient (Wildman–Crippen LogP) is 0.799. The Kier molecular flexibility index (Phi) is 3.18. The Hall–Kier alpha value is -1.13. The number of likely N-dealkylation sites (N-methyl/N-ethyl adjacent to an activating group) is 1. The second-order valence-corrected chi connectivity index (χ2v) is 3.81. The first-order valence-corrected chi connectivity index (χ1v) is 5.17. The number of ether oxygens (including phenoxy) is 1. The summed E-state index contributed by atoms with van der Waals surface area (Å²) in [6.07, 6.45) is 2.77. The summed E-state index contributed by atoms with van der Waals surface area (Å²) in [6, 6.07) is 4.26. The molecule has 4 nitrogen and oxygen atoms in total. The molecule has 0 aromatic carbocycles. The average molecular weight is 208 g/mol. The van der Waals surface area contributed by atoms with Crippen molar-refractivity contribution in [3.05, 3.63) is 23.9 Å². The summed E-state index contributed by atoms with van der Waals surface area (Å²) in [6.45, 7) is 1.66. The van der Waals surface area contributed by atoms with Gasteiger partial charge in [-0.2, -0.15) is 0 Å². The van der Waals surface area contributed by atoms with E-state index in [0.29, 0.717) is 6.04 Å². The highest BCUT2D eigenvalue weighted by atomic mass is 16.5. The number of hydrogen-bond donors (Lipinski definition) is 1. The molecular formula is C11H16N2O2. The van der Waals surface area contributed by atoms with E-state index in [1.807, 2.05) is 19.2 Å². The third kappa shape index (κ3) is 2.27. The van der Waals surface area contributed by atoms with E-state index in [-0.39, 0.29) is 6.61 Å². The molecule has 1 saturated heterocycles. The van der Waals surface area contributed by atoms with Crippen molar-refractivity contribution < 1.29 is 9.84 Å². The first-order chi connectivity index (χ1) is 7.31. The maximum atomic E-state index is 8.91. The van der Waals surface area contributed by atoms with Gasteiger partial charge in [0.25, 0.3) is 0 Å². The lowest BCUT2D eigenvalue weighted by atomic mass is 10.2. The van der Waals surface area contributed by atoms with Gasteiger partial charge in [-0.1, -0.05) is 6.07 Å². The minimum Gasteiger partial charge on any atom is -0.392 e. The van der Waals surface area contributed by atoms with Crippen molar-refractivity contribution in [2.45, 2.75) is 19.1 Å². The molecule has 0 spiro atoms. The summed E-state index contributed by atoms with van der Waals surface area (Å²) >= 11 is 0. The number of aliphatic hydroxyl groups is 1. The fraction of sp³-hybridized carbons (Fsp3) is 0.545. The number of aromatic nitrogens is 1. The molecule has 2 heterocycles. The second-order valence-electron chi connectivity index (χ2n) is 3.81. The molecule has 1 fully saturated rings. The average Bonchev–Trinajstić information content (AvgIpc) is 2.82.